The van der Waals surface area contributed by atoms with E-state index in [1.807, 2.05) is 6.20 Å². The summed E-state index contributed by atoms with van der Waals surface area (Å²) in [6, 6.07) is 11.0. The molecule has 0 unspecified atom stereocenters. The van der Waals surface area contributed by atoms with Crippen LogP contribution >= 0.6 is 0 Å². The Hall–Kier alpha value is -1.61. The summed E-state index contributed by atoms with van der Waals surface area (Å²) >= 11 is 0. The number of hydrogen-bond donors (Lipinski definition) is 1. The number of hydrogen-bond acceptors (Lipinski definition) is 3. The molecule has 0 bridgehead atoms. The molecule has 17 heavy (non-hydrogen) atoms. The maximum absolute atomic E-state index is 4.58. The number of benzene rings is 1. The van der Waals surface area contributed by atoms with Crippen molar-refractivity contribution < 1.29 is 0 Å². The number of pyridine rings is 1. The molecule has 1 saturated heterocycles. The molecule has 1 aliphatic heterocycles. The van der Waals surface area contributed by atoms with Gasteiger partial charge in [-0.1, -0.05) is 24.3 Å². The van der Waals surface area contributed by atoms with E-state index in [4.69, 9.17) is 0 Å². The summed E-state index contributed by atoms with van der Waals surface area (Å²) in [5, 5.41) is 5.93. The molecule has 1 aromatic carbocycles. The Morgan fingerprint density at radius 3 is 3.06 bits per heavy atom. The molecule has 2 heterocycles. The van der Waals surface area contributed by atoms with Crippen molar-refractivity contribution in [2.75, 3.05) is 24.5 Å². The first-order valence-corrected chi connectivity index (χ1v) is 6.17. The number of anilines is 1. The van der Waals surface area contributed by atoms with Gasteiger partial charge >= 0.3 is 0 Å². The number of piperazine rings is 1. The topological polar surface area (TPSA) is 28.2 Å². The van der Waals surface area contributed by atoms with E-state index in [0.29, 0.717) is 6.04 Å². The number of rotatable bonds is 1. The molecular weight excluding hydrogens is 210 g/mol. The summed E-state index contributed by atoms with van der Waals surface area (Å²) in [7, 11) is 0. The van der Waals surface area contributed by atoms with Gasteiger partial charge in [-0.2, -0.15) is 0 Å². The highest BCUT2D eigenvalue weighted by atomic mass is 15.3. The van der Waals surface area contributed by atoms with Gasteiger partial charge in [0.2, 0.25) is 0 Å². The third kappa shape index (κ3) is 1.87. The average molecular weight is 227 g/mol. The van der Waals surface area contributed by atoms with E-state index in [0.717, 1.165) is 25.5 Å². The molecule has 1 atom stereocenters. The van der Waals surface area contributed by atoms with Crippen molar-refractivity contribution in [3.8, 4) is 0 Å². The third-order valence-electron chi connectivity index (χ3n) is 3.43. The molecule has 0 amide bonds. The van der Waals surface area contributed by atoms with Crippen LogP contribution in [0.25, 0.3) is 10.8 Å². The van der Waals surface area contributed by atoms with Crippen LogP contribution in [0.15, 0.2) is 36.5 Å². The van der Waals surface area contributed by atoms with E-state index < -0.39 is 0 Å². The molecule has 1 aromatic heterocycles. The van der Waals surface area contributed by atoms with Gasteiger partial charge in [0, 0.05) is 37.3 Å². The summed E-state index contributed by atoms with van der Waals surface area (Å²) in [4.78, 5) is 6.98. The van der Waals surface area contributed by atoms with E-state index >= 15 is 0 Å². The lowest BCUT2D eigenvalue weighted by Gasteiger charge is -2.35. The van der Waals surface area contributed by atoms with Crippen LogP contribution < -0.4 is 10.2 Å². The van der Waals surface area contributed by atoms with Crippen LogP contribution in [0.3, 0.4) is 0 Å². The Balaban J connectivity index is 2.10. The standard InChI is InChI=1S/C14H17N3/c1-11-10-15-8-9-17(11)14-13-5-3-2-4-12(13)6-7-16-14/h2-7,11,15H,8-10H2,1H3/t11-/m0/s1. The van der Waals surface area contributed by atoms with Crippen molar-refractivity contribution in [1.29, 1.82) is 0 Å². The molecular formula is C14H17N3. The molecule has 1 fully saturated rings. The third-order valence-corrected chi connectivity index (χ3v) is 3.43. The van der Waals surface area contributed by atoms with Crippen molar-refractivity contribution in [1.82, 2.24) is 10.3 Å². The van der Waals surface area contributed by atoms with E-state index in [1.54, 1.807) is 0 Å². The van der Waals surface area contributed by atoms with Crippen LogP contribution in [0.4, 0.5) is 5.82 Å². The molecule has 0 saturated carbocycles. The maximum Gasteiger partial charge on any atom is 0.136 e. The second-order valence-electron chi connectivity index (χ2n) is 4.60. The van der Waals surface area contributed by atoms with Gasteiger partial charge in [-0.05, 0) is 18.4 Å². The second kappa shape index (κ2) is 4.34. The molecule has 0 radical (unpaired) electrons. The Bertz CT molecular complexity index is 518. The number of aromatic nitrogens is 1. The van der Waals surface area contributed by atoms with Crippen molar-refractivity contribution in [2.24, 2.45) is 0 Å². The van der Waals surface area contributed by atoms with Gasteiger partial charge in [-0.3, -0.25) is 0 Å². The minimum atomic E-state index is 0.502. The fourth-order valence-electron chi connectivity index (χ4n) is 2.49. The fraction of sp³-hybridized carbons (Fsp3) is 0.357. The molecule has 1 aliphatic rings. The minimum Gasteiger partial charge on any atom is -0.351 e. The highest BCUT2D eigenvalue weighted by molar-refractivity contribution is 5.92. The molecule has 0 aliphatic carbocycles. The SMILES string of the molecule is C[C@H]1CNCCN1c1nccc2ccccc12. The van der Waals surface area contributed by atoms with Gasteiger partial charge in [0.25, 0.3) is 0 Å². The van der Waals surface area contributed by atoms with Crippen molar-refractivity contribution in [3.05, 3.63) is 36.5 Å². The predicted octanol–water partition coefficient (Wildman–Crippen LogP) is 2.03. The first-order valence-electron chi connectivity index (χ1n) is 6.17. The van der Waals surface area contributed by atoms with E-state index in [2.05, 4.69) is 52.5 Å². The Morgan fingerprint density at radius 1 is 1.29 bits per heavy atom. The summed E-state index contributed by atoms with van der Waals surface area (Å²) in [5.41, 5.74) is 0. The van der Waals surface area contributed by atoms with Crippen LogP contribution in [-0.4, -0.2) is 30.7 Å². The number of nitrogens with zero attached hydrogens (tertiary/aromatic N) is 2. The summed E-state index contributed by atoms with van der Waals surface area (Å²) in [6.07, 6.45) is 1.91. The molecule has 3 heteroatoms. The highest BCUT2D eigenvalue weighted by Crippen LogP contribution is 2.25. The second-order valence-corrected chi connectivity index (χ2v) is 4.60. The molecule has 3 nitrogen and oxygen atoms in total. The van der Waals surface area contributed by atoms with E-state index in [1.165, 1.54) is 10.8 Å². The molecule has 88 valence electrons. The lowest BCUT2D eigenvalue weighted by molar-refractivity contribution is 0.498. The van der Waals surface area contributed by atoms with Crippen LogP contribution in [0, 0.1) is 0 Å². The van der Waals surface area contributed by atoms with Crippen molar-refractivity contribution >= 4 is 16.6 Å². The van der Waals surface area contributed by atoms with Crippen LogP contribution in [0.5, 0.6) is 0 Å². The van der Waals surface area contributed by atoms with Gasteiger partial charge in [-0.15, -0.1) is 0 Å². The van der Waals surface area contributed by atoms with E-state index in [-0.39, 0.29) is 0 Å². The lowest BCUT2D eigenvalue weighted by atomic mass is 10.1. The number of nitrogens with one attached hydrogen (secondary N) is 1. The largest absolute Gasteiger partial charge is 0.351 e. The van der Waals surface area contributed by atoms with Gasteiger partial charge in [0.1, 0.15) is 5.82 Å². The zero-order valence-corrected chi connectivity index (χ0v) is 10.1. The average Bonchev–Trinajstić information content (AvgIpc) is 2.39. The van der Waals surface area contributed by atoms with Gasteiger partial charge in [-0.25, -0.2) is 4.98 Å². The minimum absolute atomic E-state index is 0.502. The molecule has 3 rings (SSSR count). The van der Waals surface area contributed by atoms with Crippen LogP contribution in [0.2, 0.25) is 0 Å². The molecule has 1 N–H and O–H groups in total. The Kier molecular flexibility index (Phi) is 2.69. The normalized spacial score (nSPS) is 20.8. The summed E-state index contributed by atoms with van der Waals surface area (Å²) in [5.74, 6) is 1.12. The molecule has 0 spiro atoms. The highest BCUT2D eigenvalue weighted by Gasteiger charge is 2.20. The van der Waals surface area contributed by atoms with Crippen LogP contribution in [-0.2, 0) is 0 Å². The summed E-state index contributed by atoms with van der Waals surface area (Å²) in [6.45, 7) is 5.35. The first kappa shape index (κ1) is 10.5. The van der Waals surface area contributed by atoms with Gasteiger partial charge < -0.3 is 10.2 Å². The van der Waals surface area contributed by atoms with Crippen molar-refractivity contribution in [3.63, 3.8) is 0 Å². The zero-order valence-electron chi connectivity index (χ0n) is 10.1. The Morgan fingerprint density at radius 2 is 2.18 bits per heavy atom. The fourth-order valence-corrected chi connectivity index (χ4v) is 2.49. The monoisotopic (exact) mass is 227 g/mol. The van der Waals surface area contributed by atoms with Crippen LogP contribution in [0.1, 0.15) is 6.92 Å². The summed E-state index contributed by atoms with van der Waals surface area (Å²) < 4.78 is 0. The first-order chi connectivity index (χ1) is 8.36. The quantitative estimate of drug-likeness (QED) is 0.808. The van der Waals surface area contributed by atoms with Crippen molar-refractivity contribution in [2.45, 2.75) is 13.0 Å². The number of fused-ring (bicyclic) bond motifs is 1. The smallest absolute Gasteiger partial charge is 0.136 e. The predicted molar refractivity (Wildman–Crippen MR) is 71.4 cm³/mol. The van der Waals surface area contributed by atoms with Gasteiger partial charge in [0.15, 0.2) is 0 Å². The Labute approximate surface area is 101 Å². The van der Waals surface area contributed by atoms with E-state index in [9.17, 15) is 0 Å². The zero-order chi connectivity index (χ0) is 11.7. The lowest BCUT2D eigenvalue weighted by Crippen LogP contribution is -2.50. The molecule has 2 aromatic rings. The van der Waals surface area contributed by atoms with Gasteiger partial charge in [0.05, 0.1) is 0 Å². The maximum atomic E-state index is 4.58.